The first-order chi connectivity index (χ1) is 30.7. The molecule has 2 aliphatic carbocycles. The molecule has 2 N–H and O–H groups in total. The summed E-state index contributed by atoms with van der Waals surface area (Å²) in [5, 5.41) is 17.5. The smallest absolute Gasteiger partial charge is 0.410 e. The van der Waals surface area contributed by atoms with E-state index in [0.717, 1.165) is 36.8 Å². The van der Waals surface area contributed by atoms with Gasteiger partial charge in [-0.05, 0) is 77.3 Å². The molecule has 2 amide bonds. The van der Waals surface area contributed by atoms with E-state index in [1.807, 2.05) is 60.7 Å². The van der Waals surface area contributed by atoms with Crippen molar-refractivity contribution in [2.45, 2.75) is 117 Å². The van der Waals surface area contributed by atoms with Gasteiger partial charge in [0.15, 0.2) is 6.61 Å². The minimum Gasteiger partial charge on any atom is -0.480 e. The highest BCUT2D eigenvalue weighted by atomic mass is 16.6. The van der Waals surface area contributed by atoms with Crippen LogP contribution < -0.4 is 0 Å². The number of aliphatic hydroxyl groups excluding tert-OH is 1. The number of carbonyl (C=O) groups excluding carboxylic acids is 5. The van der Waals surface area contributed by atoms with Crippen molar-refractivity contribution in [1.29, 1.82) is 0 Å². The molecule has 0 heterocycles. The molecule has 0 aliphatic heterocycles. The van der Waals surface area contributed by atoms with Crippen molar-refractivity contribution in [3.63, 3.8) is 0 Å². The van der Waals surface area contributed by atoms with Gasteiger partial charge in [-0.1, -0.05) is 86.3 Å². The second-order valence-corrected chi connectivity index (χ2v) is 16.0. The van der Waals surface area contributed by atoms with Crippen molar-refractivity contribution in [2.24, 2.45) is 11.8 Å². The van der Waals surface area contributed by atoms with Crippen LogP contribution in [0.25, 0.3) is 0 Å². The first kappa shape index (κ1) is 41.5. The number of aliphatic hydroxyl groups is 1. The average molecular weight is 820 g/mol. The fourth-order valence-corrected chi connectivity index (χ4v) is 4.89. The minimum absolute atomic E-state index is 0. The Morgan fingerprint density at radius 2 is 1.05 bits per heavy atom. The highest BCUT2D eigenvalue weighted by molar-refractivity contribution is 5.83. The molecule has 0 radical (unpaired) electrons. The van der Waals surface area contributed by atoms with E-state index >= 15 is 0 Å². The molecule has 2 aromatic carbocycles. The van der Waals surface area contributed by atoms with Gasteiger partial charge in [0.25, 0.3) is 0 Å². The van der Waals surface area contributed by atoms with E-state index in [1.165, 1.54) is 23.9 Å². The molecule has 2 aromatic rings. The molecule has 15 heteroatoms. The van der Waals surface area contributed by atoms with Crippen LogP contribution in [0.2, 0.25) is 0 Å². The summed E-state index contributed by atoms with van der Waals surface area (Å²) in [6.07, 6.45) is 4.00. The lowest BCUT2D eigenvalue weighted by molar-refractivity contribution is -0.162. The topological polar surface area (TPSA) is 196 Å². The van der Waals surface area contributed by atoms with E-state index < -0.39 is 72.6 Å². The van der Waals surface area contributed by atoms with Crippen LogP contribution >= 0.6 is 0 Å². The van der Waals surface area contributed by atoms with Gasteiger partial charge < -0.3 is 33.9 Å². The van der Waals surface area contributed by atoms with E-state index in [4.69, 9.17) is 41.0 Å². The van der Waals surface area contributed by atoms with Crippen LogP contribution in [0.1, 0.15) is 104 Å². The number of rotatable bonds is 15. The van der Waals surface area contributed by atoms with E-state index in [0.29, 0.717) is 24.7 Å². The molecular formula is C42H70N2O13. The fraction of sp³-hybridized carbons (Fsp3) is 0.571. The standard InChI is InChI=1S/C21H29NO6.C12H21NO4.C9H10O3.5H2/c1-21(2,3)28-20(25)22(4)17(12-15-10-11-15)19(24)27-14-18(23)26-13-16-8-6-5-7-9-16;1-12(2,3)17-11(16)13(4)9(10(14)15)7-8-5-6-8;10-6-9(11)12-7-8-4-2-1-3-5-8;;;;;/h5-9,15,17H,10-14H2,1-4H3;8-9H,5-7H2,1-4H3,(H,14,15);1-5,10H,6-7H2;5*1H/t17-;9-;;;;;;/m00....../s1/i;;;4*1+1D;1+1. The van der Waals surface area contributed by atoms with Gasteiger partial charge in [-0.25, -0.2) is 28.8 Å². The van der Waals surface area contributed by atoms with Gasteiger partial charge >= 0.3 is 36.1 Å². The summed E-state index contributed by atoms with van der Waals surface area (Å²) in [5.41, 5.74) is 0.493. The first-order valence-electron chi connectivity index (χ1n) is 23.0. The summed E-state index contributed by atoms with van der Waals surface area (Å²) in [4.78, 5) is 72.5. The number of hydrogen-bond acceptors (Lipinski definition) is 12. The third-order valence-corrected chi connectivity index (χ3v) is 8.31. The van der Waals surface area contributed by atoms with Gasteiger partial charge in [0.2, 0.25) is 0 Å². The van der Waals surface area contributed by atoms with Gasteiger partial charge in [0.05, 0.1) is 0 Å². The molecule has 2 fully saturated rings. The van der Waals surface area contributed by atoms with Crippen LogP contribution in [-0.4, -0.2) is 107 Å². The molecule has 2 aliphatic rings. The molecule has 0 spiro atoms. The molecule has 0 aromatic heterocycles. The van der Waals surface area contributed by atoms with Crippen molar-refractivity contribution in [3.05, 3.63) is 71.8 Å². The lowest BCUT2D eigenvalue weighted by Crippen LogP contribution is -2.46. The molecule has 2 atom stereocenters. The predicted octanol–water partition coefficient (Wildman–Crippen LogP) is 7.37. The first-order valence-corrected chi connectivity index (χ1v) is 19.0. The molecule has 326 valence electrons. The van der Waals surface area contributed by atoms with Crippen molar-refractivity contribution in [3.8, 4) is 0 Å². The minimum atomic E-state index is -0.967. The maximum atomic E-state index is 12.5. The Labute approximate surface area is 349 Å². The van der Waals surface area contributed by atoms with E-state index in [2.05, 4.69) is 4.74 Å². The zero-order valence-corrected chi connectivity index (χ0v) is 34.4. The van der Waals surface area contributed by atoms with Crippen LogP contribution in [0.3, 0.4) is 0 Å². The molecule has 0 saturated heterocycles. The number of carboxylic acids is 1. The zero-order chi connectivity index (χ0) is 50.8. The SMILES string of the molecule is CN(C(=O)OC(C)(C)C)[C@@H](CC1CC1)C(=O)O.CN(C(=O)OC(C)(C)C)[C@@H](CC1CC1)C(=O)OCC(=O)OCc1ccccc1.O=C(CO)OCc1ccccc1.[2HH].[2H][2H].[2H][2H].[2H][2H].[2H][2H]. The molecule has 0 unspecified atom stereocenters. The van der Waals surface area contributed by atoms with Gasteiger partial charge in [0, 0.05) is 27.4 Å². The van der Waals surface area contributed by atoms with Gasteiger partial charge in [0.1, 0.15) is 43.1 Å². The summed E-state index contributed by atoms with van der Waals surface area (Å²) < 4.78 is 65.4. The monoisotopic (exact) mass is 820 g/mol. The number of ether oxygens (including phenoxy) is 5. The second-order valence-electron chi connectivity index (χ2n) is 16.0. The van der Waals surface area contributed by atoms with Gasteiger partial charge in [-0.3, -0.25) is 9.80 Å². The number of nitrogens with zero attached hydrogens (tertiary/aromatic N) is 2. The Hall–Kier alpha value is -5.18. The van der Waals surface area contributed by atoms with Crippen LogP contribution in [0.5, 0.6) is 0 Å². The van der Waals surface area contributed by atoms with E-state index in [1.54, 1.807) is 41.5 Å². The van der Waals surface area contributed by atoms with E-state index in [9.17, 15) is 28.8 Å². The summed E-state index contributed by atoms with van der Waals surface area (Å²) in [6, 6.07) is 17.0. The van der Waals surface area contributed by atoms with Crippen molar-refractivity contribution >= 4 is 36.1 Å². The molecular weight excluding hydrogens is 740 g/mol. The molecule has 57 heavy (non-hydrogen) atoms. The number of carboxylic acid groups (broad SMARTS) is 1. The average Bonchev–Trinajstić information content (AvgIpc) is 4.25. The largest absolute Gasteiger partial charge is 0.480 e. The highest BCUT2D eigenvalue weighted by Crippen LogP contribution is 2.35. The van der Waals surface area contributed by atoms with Crippen LogP contribution in [0.4, 0.5) is 9.59 Å². The van der Waals surface area contributed by atoms with Gasteiger partial charge in [-0.15, -0.1) is 0 Å². The number of esters is 3. The highest BCUT2D eigenvalue weighted by Gasteiger charge is 2.37. The van der Waals surface area contributed by atoms with E-state index in [-0.39, 0.29) is 14.6 Å². The predicted molar refractivity (Wildman–Crippen MR) is 219 cm³/mol. The summed E-state index contributed by atoms with van der Waals surface area (Å²) in [5.74, 6) is -2.00. The lowest BCUT2D eigenvalue weighted by Gasteiger charge is -2.29. The Bertz CT molecular complexity index is 1620. The quantitative estimate of drug-likeness (QED) is 0.134. The summed E-state index contributed by atoms with van der Waals surface area (Å²) >= 11 is 0. The normalized spacial score (nSPS) is 15.0. The Morgan fingerprint density at radius 1 is 0.667 bits per heavy atom. The molecule has 4 rings (SSSR count). The third-order valence-electron chi connectivity index (χ3n) is 8.31. The van der Waals surface area contributed by atoms with Crippen LogP contribution in [0.15, 0.2) is 60.7 Å². The lowest BCUT2D eigenvalue weighted by atomic mass is 10.1. The maximum Gasteiger partial charge on any atom is 0.410 e. The van der Waals surface area contributed by atoms with Crippen LogP contribution in [-0.2, 0) is 56.1 Å². The summed E-state index contributed by atoms with van der Waals surface area (Å²) in [7, 11) is 2.99. The molecule has 15 nitrogen and oxygen atoms in total. The summed E-state index contributed by atoms with van der Waals surface area (Å²) in [6.45, 7) is 9.84. The number of aliphatic carboxylic acids is 1. The van der Waals surface area contributed by atoms with Crippen LogP contribution in [0, 0.1) is 11.8 Å². The number of hydrogen-bond donors (Lipinski definition) is 2. The molecule has 0 bridgehead atoms. The number of likely N-dealkylation sites (N-methyl/N-ethyl adjacent to an activating group) is 2. The number of carbonyl (C=O) groups is 6. The number of amides is 2. The Balaban J connectivity index is -0.000000432. The maximum absolute atomic E-state index is 12.5. The van der Waals surface area contributed by atoms with Crippen molar-refractivity contribution in [1.82, 2.24) is 9.80 Å². The van der Waals surface area contributed by atoms with Crippen molar-refractivity contribution in [2.75, 3.05) is 27.3 Å². The van der Waals surface area contributed by atoms with Crippen molar-refractivity contribution < 1.29 is 76.0 Å². The Kier molecular flexibility index (Phi) is 16.8. The molecule has 2 saturated carbocycles. The van der Waals surface area contributed by atoms with Gasteiger partial charge in [-0.2, -0.15) is 0 Å². The third kappa shape index (κ3) is 21.1. The fourth-order valence-electron chi connectivity index (χ4n) is 4.89. The second kappa shape index (κ2) is 23.1. The zero-order valence-electron chi connectivity index (χ0n) is 42.4. The number of benzene rings is 2. The Morgan fingerprint density at radius 3 is 1.42 bits per heavy atom.